The molecular weight excluding hydrogens is 300 g/mol. The van der Waals surface area contributed by atoms with E-state index >= 15 is 0 Å². The molecule has 0 spiro atoms. The summed E-state index contributed by atoms with van der Waals surface area (Å²) in [7, 11) is 1.83. The number of Topliss-reactive ketones (excluding diaryl/α,β-unsaturated/α-hetero) is 1. The number of aromatic nitrogens is 1. The van der Waals surface area contributed by atoms with Crippen molar-refractivity contribution in [2.45, 2.75) is 58.4 Å². The third kappa shape index (κ3) is 2.51. The van der Waals surface area contributed by atoms with Gasteiger partial charge in [0, 0.05) is 24.8 Å². The fourth-order valence-electron chi connectivity index (χ4n) is 6.11. The number of carbonyl (C=O) groups excluding carboxylic acids is 2. The predicted octanol–water partition coefficient (Wildman–Crippen LogP) is 3.56. The minimum absolute atomic E-state index is 0.00113. The zero-order valence-electron chi connectivity index (χ0n) is 15.0. The standard InChI is InChI=1S/C20H28N2O2/c1-12(23)17-7-18(22(3)11-17)19(24)21-13(2)20-8-14-4-15(9-20)6-16(5-14)10-20/h7,11,13-16H,4-6,8-10H2,1-3H3,(H,21,24). The highest BCUT2D eigenvalue weighted by Crippen LogP contribution is 2.61. The summed E-state index contributed by atoms with van der Waals surface area (Å²) in [6, 6.07) is 1.92. The van der Waals surface area contributed by atoms with Crippen LogP contribution >= 0.6 is 0 Å². The van der Waals surface area contributed by atoms with E-state index in [1.54, 1.807) is 16.8 Å². The summed E-state index contributed by atoms with van der Waals surface area (Å²) in [6.07, 6.45) is 9.84. The SMILES string of the molecule is CC(=O)c1cc(C(=O)NC(C)C23CC4CC(CC(C4)C2)C3)n(C)c1. The van der Waals surface area contributed by atoms with Crippen LogP contribution in [0.25, 0.3) is 0 Å². The summed E-state index contributed by atoms with van der Waals surface area (Å²) in [5.41, 5.74) is 1.49. The third-order valence-corrected chi connectivity index (χ3v) is 7.00. The average molecular weight is 328 g/mol. The van der Waals surface area contributed by atoms with E-state index in [2.05, 4.69) is 12.2 Å². The van der Waals surface area contributed by atoms with Gasteiger partial charge in [0.1, 0.15) is 5.69 Å². The molecule has 4 nitrogen and oxygen atoms in total. The van der Waals surface area contributed by atoms with Gasteiger partial charge >= 0.3 is 0 Å². The zero-order valence-corrected chi connectivity index (χ0v) is 15.0. The van der Waals surface area contributed by atoms with Crippen molar-refractivity contribution >= 4 is 11.7 Å². The van der Waals surface area contributed by atoms with Crippen molar-refractivity contribution in [3.63, 3.8) is 0 Å². The van der Waals surface area contributed by atoms with E-state index in [1.807, 2.05) is 7.05 Å². The second-order valence-corrected chi connectivity index (χ2v) is 8.76. The van der Waals surface area contributed by atoms with Crippen LogP contribution in [0.3, 0.4) is 0 Å². The van der Waals surface area contributed by atoms with Crippen molar-refractivity contribution in [2.24, 2.45) is 30.2 Å². The van der Waals surface area contributed by atoms with E-state index in [0.717, 1.165) is 17.8 Å². The van der Waals surface area contributed by atoms with Crippen molar-refractivity contribution in [3.8, 4) is 0 Å². The number of nitrogens with zero attached hydrogens (tertiary/aromatic N) is 1. The minimum atomic E-state index is -0.0479. The number of carbonyl (C=O) groups is 2. The topological polar surface area (TPSA) is 51.1 Å². The molecule has 1 atom stereocenters. The number of rotatable bonds is 4. The van der Waals surface area contributed by atoms with Gasteiger partial charge in [-0.1, -0.05) is 0 Å². The fourth-order valence-corrected chi connectivity index (χ4v) is 6.11. The molecule has 4 aliphatic rings. The Hall–Kier alpha value is -1.58. The lowest BCUT2D eigenvalue weighted by Gasteiger charge is -2.59. The summed E-state index contributed by atoms with van der Waals surface area (Å²) in [5, 5.41) is 3.28. The van der Waals surface area contributed by atoms with Crippen LogP contribution in [-0.2, 0) is 7.05 Å². The Kier molecular flexibility index (Phi) is 3.63. The molecule has 0 saturated heterocycles. The molecule has 130 valence electrons. The Bertz CT molecular complexity index is 653. The van der Waals surface area contributed by atoms with E-state index in [9.17, 15) is 9.59 Å². The van der Waals surface area contributed by atoms with Crippen molar-refractivity contribution in [2.75, 3.05) is 0 Å². The number of nitrogens with one attached hydrogen (secondary N) is 1. The van der Waals surface area contributed by atoms with Gasteiger partial charge in [-0.25, -0.2) is 0 Å². The Labute approximate surface area is 144 Å². The maximum atomic E-state index is 12.8. The van der Waals surface area contributed by atoms with Gasteiger partial charge in [0.15, 0.2) is 5.78 Å². The lowest BCUT2D eigenvalue weighted by atomic mass is 9.48. The third-order valence-electron chi connectivity index (χ3n) is 7.00. The van der Waals surface area contributed by atoms with Gasteiger partial charge in [-0.3, -0.25) is 9.59 Å². The first-order valence-corrected chi connectivity index (χ1v) is 9.34. The number of hydrogen-bond acceptors (Lipinski definition) is 2. The lowest BCUT2D eigenvalue weighted by Crippen LogP contribution is -2.55. The number of amides is 1. The van der Waals surface area contributed by atoms with Crippen molar-refractivity contribution in [1.82, 2.24) is 9.88 Å². The van der Waals surface area contributed by atoms with E-state index in [-0.39, 0.29) is 17.7 Å². The van der Waals surface area contributed by atoms with Gasteiger partial charge in [0.25, 0.3) is 5.91 Å². The predicted molar refractivity (Wildman–Crippen MR) is 93.0 cm³/mol. The molecule has 4 fully saturated rings. The molecule has 0 aliphatic heterocycles. The van der Waals surface area contributed by atoms with E-state index in [0.29, 0.717) is 16.7 Å². The molecule has 4 heteroatoms. The molecule has 5 rings (SSSR count). The van der Waals surface area contributed by atoms with Crippen LogP contribution in [0.15, 0.2) is 12.3 Å². The van der Waals surface area contributed by atoms with Crippen LogP contribution in [0.1, 0.15) is 73.2 Å². The monoisotopic (exact) mass is 328 g/mol. The summed E-state index contributed by atoms with van der Waals surface area (Å²) in [5.74, 6) is 2.60. The van der Waals surface area contributed by atoms with Gasteiger partial charge in [0.05, 0.1) is 0 Å². The summed E-state index contributed by atoms with van der Waals surface area (Å²) in [4.78, 5) is 24.3. The van der Waals surface area contributed by atoms with Gasteiger partial charge < -0.3 is 9.88 Å². The first-order valence-electron chi connectivity index (χ1n) is 9.34. The first kappa shape index (κ1) is 15.9. The molecule has 1 aromatic rings. The minimum Gasteiger partial charge on any atom is -0.348 e. The molecule has 1 heterocycles. The largest absolute Gasteiger partial charge is 0.348 e. The van der Waals surface area contributed by atoms with Crippen molar-refractivity contribution in [1.29, 1.82) is 0 Å². The molecule has 1 unspecified atom stereocenters. The van der Waals surface area contributed by atoms with Gasteiger partial charge in [-0.2, -0.15) is 0 Å². The average Bonchev–Trinajstić information content (AvgIpc) is 2.88. The van der Waals surface area contributed by atoms with E-state index < -0.39 is 0 Å². The Balaban J connectivity index is 1.51. The molecule has 0 aromatic carbocycles. The van der Waals surface area contributed by atoms with Gasteiger partial charge in [-0.05, 0) is 81.6 Å². The smallest absolute Gasteiger partial charge is 0.268 e. The fraction of sp³-hybridized carbons (Fsp3) is 0.700. The summed E-state index contributed by atoms with van der Waals surface area (Å²) >= 11 is 0. The summed E-state index contributed by atoms with van der Waals surface area (Å²) in [6.45, 7) is 3.73. The van der Waals surface area contributed by atoms with Crippen LogP contribution in [0.2, 0.25) is 0 Å². The molecule has 4 aliphatic carbocycles. The Morgan fingerprint density at radius 1 is 1.17 bits per heavy atom. The molecule has 24 heavy (non-hydrogen) atoms. The molecule has 1 amide bonds. The molecule has 0 radical (unpaired) electrons. The Morgan fingerprint density at radius 2 is 1.71 bits per heavy atom. The molecule has 1 aromatic heterocycles. The second-order valence-electron chi connectivity index (χ2n) is 8.76. The van der Waals surface area contributed by atoms with Crippen LogP contribution in [0.5, 0.6) is 0 Å². The number of ketones is 1. The Morgan fingerprint density at radius 3 is 2.17 bits per heavy atom. The zero-order chi connectivity index (χ0) is 17.1. The highest BCUT2D eigenvalue weighted by molar-refractivity contribution is 5.99. The lowest BCUT2D eigenvalue weighted by molar-refractivity contribution is -0.0688. The van der Waals surface area contributed by atoms with Crippen molar-refractivity contribution in [3.05, 3.63) is 23.5 Å². The highest BCUT2D eigenvalue weighted by atomic mass is 16.2. The quantitative estimate of drug-likeness (QED) is 0.859. The maximum absolute atomic E-state index is 12.8. The van der Waals surface area contributed by atoms with Crippen LogP contribution < -0.4 is 5.32 Å². The van der Waals surface area contributed by atoms with Crippen LogP contribution in [-0.4, -0.2) is 22.3 Å². The maximum Gasteiger partial charge on any atom is 0.268 e. The second kappa shape index (κ2) is 5.47. The molecule has 1 N–H and O–H groups in total. The van der Waals surface area contributed by atoms with Crippen LogP contribution in [0.4, 0.5) is 0 Å². The van der Waals surface area contributed by atoms with E-state index in [4.69, 9.17) is 0 Å². The molecular formula is C20H28N2O2. The summed E-state index contributed by atoms with van der Waals surface area (Å²) < 4.78 is 1.76. The van der Waals surface area contributed by atoms with Gasteiger partial charge in [0.2, 0.25) is 0 Å². The number of aryl methyl sites for hydroxylation is 1. The highest BCUT2D eigenvalue weighted by Gasteiger charge is 2.53. The van der Waals surface area contributed by atoms with Gasteiger partial charge in [-0.15, -0.1) is 0 Å². The normalized spacial score (nSPS) is 35.0. The van der Waals surface area contributed by atoms with Crippen molar-refractivity contribution < 1.29 is 9.59 Å². The van der Waals surface area contributed by atoms with Crippen LogP contribution in [0, 0.1) is 23.2 Å². The number of hydrogen-bond donors (Lipinski definition) is 1. The molecule has 4 saturated carbocycles. The van der Waals surface area contributed by atoms with E-state index in [1.165, 1.54) is 45.4 Å². The first-order chi connectivity index (χ1) is 11.4. The molecule has 4 bridgehead atoms.